The summed E-state index contributed by atoms with van der Waals surface area (Å²) >= 11 is 1.83. The van der Waals surface area contributed by atoms with Gasteiger partial charge in [0.2, 0.25) is 5.91 Å². The molecule has 0 unspecified atom stereocenters. The molecule has 1 saturated heterocycles. The van der Waals surface area contributed by atoms with Crippen molar-refractivity contribution in [2.45, 2.75) is 38.1 Å². The molecule has 1 aliphatic heterocycles. The summed E-state index contributed by atoms with van der Waals surface area (Å²) in [6, 6.07) is 4.57. The first kappa shape index (κ1) is 16.0. The highest BCUT2D eigenvalue weighted by Crippen LogP contribution is 2.27. The van der Waals surface area contributed by atoms with E-state index in [0.717, 1.165) is 52.0 Å². The minimum Gasteiger partial charge on any atom is -0.340 e. The molecular weight excluding hydrogens is 294 g/mol. The fraction of sp³-hybridized carbons (Fsp3) is 0.706. The van der Waals surface area contributed by atoms with E-state index in [1.165, 1.54) is 11.3 Å². The van der Waals surface area contributed by atoms with Gasteiger partial charge in [0.25, 0.3) is 0 Å². The molecule has 0 bridgehead atoms. The van der Waals surface area contributed by atoms with Crippen LogP contribution in [0.3, 0.4) is 0 Å². The second-order valence-corrected chi connectivity index (χ2v) is 7.64. The van der Waals surface area contributed by atoms with Crippen LogP contribution < -0.4 is 5.73 Å². The van der Waals surface area contributed by atoms with Gasteiger partial charge >= 0.3 is 0 Å². The number of rotatable bonds is 5. The number of carbonyl (C=O) groups excluding carboxylic acids is 1. The number of amides is 1. The number of nitrogens with zero attached hydrogens (tertiary/aromatic N) is 2. The van der Waals surface area contributed by atoms with E-state index >= 15 is 0 Å². The molecule has 2 N–H and O–H groups in total. The average Bonchev–Trinajstić information content (AvgIpc) is 3.18. The van der Waals surface area contributed by atoms with Gasteiger partial charge in [0.15, 0.2) is 0 Å². The van der Waals surface area contributed by atoms with Crippen LogP contribution in [0.25, 0.3) is 0 Å². The van der Waals surface area contributed by atoms with Crippen LogP contribution in [0.5, 0.6) is 0 Å². The number of hydrogen-bond donors (Lipinski definition) is 1. The third-order valence-corrected chi connectivity index (χ3v) is 6.07. The van der Waals surface area contributed by atoms with Crippen LogP contribution in [0.4, 0.5) is 0 Å². The highest BCUT2D eigenvalue weighted by molar-refractivity contribution is 7.09. The Kier molecular flexibility index (Phi) is 5.50. The lowest BCUT2D eigenvalue weighted by Crippen LogP contribution is -2.49. The fourth-order valence-electron chi connectivity index (χ4n) is 3.62. The van der Waals surface area contributed by atoms with Crippen molar-refractivity contribution >= 4 is 17.2 Å². The molecule has 0 aromatic carbocycles. The molecule has 2 atom stereocenters. The molecule has 1 amide bonds. The van der Waals surface area contributed by atoms with Crippen LogP contribution in [-0.2, 0) is 11.2 Å². The Hall–Kier alpha value is -0.910. The fourth-order valence-corrected chi connectivity index (χ4v) is 4.31. The molecule has 0 spiro atoms. The van der Waals surface area contributed by atoms with Gasteiger partial charge in [0.05, 0.1) is 0 Å². The molecule has 3 rings (SSSR count). The summed E-state index contributed by atoms with van der Waals surface area (Å²) in [6.45, 7) is 4.88. The molecule has 2 heterocycles. The van der Waals surface area contributed by atoms with Crippen molar-refractivity contribution in [1.29, 1.82) is 0 Å². The molecule has 1 aliphatic carbocycles. The largest absolute Gasteiger partial charge is 0.340 e. The van der Waals surface area contributed by atoms with Gasteiger partial charge in [0.1, 0.15) is 0 Å². The Morgan fingerprint density at radius 2 is 2.09 bits per heavy atom. The van der Waals surface area contributed by atoms with Crippen LogP contribution in [0, 0.1) is 5.92 Å². The standard InChI is InChI=1S/C17H27N3OS/c18-16-5-1-3-14(16)13-17(21)20-10-8-19(9-11-20)7-6-15-4-2-12-22-15/h2,4,12,14,16H,1,3,5-11,13,18H2/t14-,16+/m0/s1. The molecule has 1 aromatic rings. The second kappa shape index (κ2) is 7.57. The van der Waals surface area contributed by atoms with Crippen molar-refractivity contribution in [3.05, 3.63) is 22.4 Å². The number of hydrogen-bond acceptors (Lipinski definition) is 4. The van der Waals surface area contributed by atoms with Crippen LogP contribution in [0.2, 0.25) is 0 Å². The predicted molar refractivity (Wildman–Crippen MR) is 91.0 cm³/mol. The van der Waals surface area contributed by atoms with Crippen LogP contribution in [0.15, 0.2) is 17.5 Å². The third-order valence-electron chi connectivity index (χ3n) is 5.13. The summed E-state index contributed by atoms with van der Waals surface area (Å²) in [7, 11) is 0. The van der Waals surface area contributed by atoms with E-state index in [2.05, 4.69) is 22.4 Å². The molecule has 22 heavy (non-hydrogen) atoms. The molecule has 2 aliphatic rings. The summed E-state index contributed by atoms with van der Waals surface area (Å²) in [5.41, 5.74) is 6.09. The highest BCUT2D eigenvalue weighted by atomic mass is 32.1. The first-order valence-corrected chi connectivity index (χ1v) is 9.38. The van der Waals surface area contributed by atoms with Gasteiger partial charge in [-0.15, -0.1) is 11.3 Å². The molecule has 4 nitrogen and oxygen atoms in total. The zero-order chi connectivity index (χ0) is 15.4. The van der Waals surface area contributed by atoms with Gasteiger partial charge in [-0.3, -0.25) is 9.69 Å². The summed E-state index contributed by atoms with van der Waals surface area (Å²) < 4.78 is 0. The van der Waals surface area contributed by atoms with E-state index in [4.69, 9.17) is 5.73 Å². The Balaban J connectivity index is 1.38. The Bertz CT molecular complexity index is 468. The lowest BCUT2D eigenvalue weighted by atomic mass is 9.99. The van der Waals surface area contributed by atoms with E-state index in [9.17, 15) is 4.79 Å². The van der Waals surface area contributed by atoms with Crippen molar-refractivity contribution in [1.82, 2.24) is 9.80 Å². The minimum absolute atomic E-state index is 0.246. The van der Waals surface area contributed by atoms with Gasteiger partial charge in [-0.1, -0.05) is 12.5 Å². The molecule has 2 fully saturated rings. The van der Waals surface area contributed by atoms with E-state index in [0.29, 0.717) is 18.2 Å². The predicted octanol–water partition coefficient (Wildman–Crippen LogP) is 1.95. The lowest BCUT2D eigenvalue weighted by molar-refractivity contribution is -0.134. The minimum atomic E-state index is 0.246. The SMILES string of the molecule is N[C@@H]1CCC[C@H]1CC(=O)N1CCN(CCc2cccs2)CC1. The van der Waals surface area contributed by atoms with E-state index in [1.54, 1.807) is 0 Å². The van der Waals surface area contributed by atoms with Gasteiger partial charge in [-0.25, -0.2) is 0 Å². The number of piperazine rings is 1. The number of carbonyl (C=O) groups is 1. The van der Waals surface area contributed by atoms with E-state index < -0.39 is 0 Å². The monoisotopic (exact) mass is 321 g/mol. The van der Waals surface area contributed by atoms with Crippen LogP contribution in [0.1, 0.15) is 30.6 Å². The van der Waals surface area contributed by atoms with Crippen LogP contribution in [-0.4, -0.2) is 54.5 Å². The average molecular weight is 321 g/mol. The first-order chi connectivity index (χ1) is 10.7. The Labute approximate surface area is 137 Å². The van der Waals surface area contributed by atoms with E-state index in [-0.39, 0.29) is 6.04 Å². The quantitative estimate of drug-likeness (QED) is 0.902. The van der Waals surface area contributed by atoms with Crippen LogP contribution >= 0.6 is 11.3 Å². The summed E-state index contributed by atoms with van der Waals surface area (Å²) in [5, 5.41) is 2.14. The Morgan fingerprint density at radius 3 is 2.73 bits per heavy atom. The van der Waals surface area contributed by atoms with Gasteiger partial charge < -0.3 is 10.6 Å². The van der Waals surface area contributed by atoms with Crippen molar-refractivity contribution in [3.63, 3.8) is 0 Å². The third kappa shape index (κ3) is 4.09. The molecule has 122 valence electrons. The van der Waals surface area contributed by atoms with Crippen molar-refractivity contribution < 1.29 is 4.79 Å². The summed E-state index contributed by atoms with van der Waals surface area (Å²) in [5.74, 6) is 0.740. The number of thiophene rings is 1. The second-order valence-electron chi connectivity index (χ2n) is 6.61. The lowest BCUT2D eigenvalue weighted by Gasteiger charge is -2.35. The first-order valence-electron chi connectivity index (χ1n) is 8.50. The van der Waals surface area contributed by atoms with Crippen molar-refractivity contribution in [3.8, 4) is 0 Å². The molecule has 0 radical (unpaired) electrons. The maximum Gasteiger partial charge on any atom is 0.222 e. The van der Waals surface area contributed by atoms with E-state index in [1.807, 2.05) is 16.2 Å². The zero-order valence-electron chi connectivity index (χ0n) is 13.2. The van der Waals surface area contributed by atoms with Crippen molar-refractivity contribution in [2.75, 3.05) is 32.7 Å². The van der Waals surface area contributed by atoms with Gasteiger partial charge in [-0.2, -0.15) is 0 Å². The molecular formula is C17H27N3OS. The summed E-state index contributed by atoms with van der Waals surface area (Å²) in [4.78, 5) is 18.4. The Morgan fingerprint density at radius 1 is 1.27 bits per heavy atom. The van der Waals surface area contributed by atoms with Gasteiger partial charge in [-0.05, 0) is 36.6 Å². The highest BCUT2D eigenvalue weighted by Gasteiger charge is 2.29. The molecule has 1 saturated carbocycles. The number of nitrogens with two attached hydrogens (primary N) is 1. The normalized spacial score (nSPS) is 26.5. The van der Waals surface area contributed by atoms with Gasteiger partial charge in [0, 0.05) is 50.1 Å². The zero-order valence-corrected chi connectivity index (χ0v) is 14.1. The summed E-state index contributed by atoms with van der Waals surface area (Å²) in [6.07, 6.45) is 5.21. The maximum absolute atomic E-state index is 12.4. The topological polar surface area (TPSA) is 49.6 Å². The van der Waals surface area contributed by atoms with Crippen molar-refractivity contribution in [2.24, 2.45) is 11.7 Å². The smallest absolute Gasteiger partial charge is 0.222 e. The molecule has 5 heteroatoms. The maximum atomic E-state index is 12.4. The molecule has 1 aromatic heterocycles.